The number of carbonyl (C=O) groups excluding carboxylic acids is 1. The fourth-order valence-corrected chi connectivity index (χ4v) is 2.75. The van der Waals surface area contributed by atoms with Crippen LogP contribution in [0.4, 0.5) is 4.79 Å². The lowest BCUT2D eigenvalue weighted by molar-refractivity contribution is 0.0382. The third kappa shape index (κ3) is 4.89. The number of amides is 1. The number of halogens is 1. The summed E-state index contributed by atoms with van der Waals surface area (Å²) in [7, 11) is 0. The van der Waals surface area contributed by atoms with Crippen LogP contribution >= 0.6 is 11.6 Å². The molecule has 122 valence electrons. The minimum Gasteiger partial charge on any atom is -0.444 e. The number of carbonyl (C=O) groups is 1. The van der Waals surface area contributed by atoms with Gasteiger partial charge in [-0.2, -0.15) is 0 Å². The van der Waals surface area contributed by atoms with Crippen LogP contribution in [0.25, 0.3) is 0 Å². The predicted octanol–water partition coefficient (Wildman–Crippen LogP) is 3.88. The van der Waals surface area contributed by atoms with Gasteiger partial charge in [0.15, 0.2) is 0 Å². The highest BCUT2D eigenvalue weighted by Crippen LogP contribution is 2.31. The third-order valence-electron chi connectivity index (χ3n) is 3.81. The van der Waals surface area contributed by atoms with E-state index < -0.39 is 5.60 Å². The molecule has 1 fully saturated rings. The maximum atomic E-state index is 12.0. The molecule has 1 aliphatic rings. The molecule has 0 radical (unpaired) electrons. The molecule has 2 N–H and O–H groups in total. The second-order valence-corrected chi connectivity index (χ2v) is 7.36. The second-order valence-electron chi connectivity index (χ2n) is 6.96. The van der Waals surface area contributed by atoms with Crippen molar-refractivity contribution in [2.75, 3.05) is 6.54 Å². The minimum absolute atomic E-state index is 0.191. The van der Waals surface area contributed by atoms with Crippen molar-refractivity contribution < 1.29 is 9.53 Å². The van der Waals surface area contributed by atoms with E-state index in [-0.39, 0.29) is 11.6 Å². The molecule has 0 aromatic heterocycles. The van der Waals surface area contributed by atoms with E-state index in [2.05, 4.69) is 10.6 Å². The van der Waals surface area contributed by atoms with Crippen LogP contribution in [0.3, 0.4) is 0 Å². The van der Waals surface area contributed by atoms with Gasteiger partial charge in [0.1, 0.15) is 5.60 Å². The second kappa shape index (κ2) is 6.88. The van der Waals surface area contributed by atoms with Gasteiger partial charge in [0, 0.05) is 18.1 Å². The molecule has 2 rings (SSSR count). The van der Waals surface area contributed by atoms with E-state index in [1.54, 1.807) is 0 Å². The molecule has 1 aromatic rings. The minimum atomic E-state index is -0.472. The zero-order chi connectivity index (χ0) is 16.2. The summed E-state index contributed by atoms with van der Waals surface area (Å²) in [4.78, 5) is 12.0. The van der Waals surface area contributed by atoms with E-state index in [4.69, 9.17) is 16.3 Å². The van der Waals surface area contributed by atoms with E-state index in [0.29, 0.717) is 6.54 Å². The summed E-state index contributed by atoms with van der Waals surface area (Å²) in [5.74, 6) is 0. The molecule has 4 nitrogen and oxygen atoms in total. The standard InChI is InChI=1S/C17H25ClN2O2/c1-16(2,3)22-15(21)20-17(9-6-10-17)12-19-11-13-7-4-5-8-14(13)18/h4-5,7-8,19H,6,9-12H2,1-3H3,(H,20,21). The highest BCUT2D eigenvalue weighted by atomic mass is 35.5. The van der Waals surface area contributed by atoms with Gasteiger partial charge in [-0.3, -0.25) is 0 Å². The van der Waals surface area contributed by atoms with Crippen LogP contribution in [0.2, 0.25) is 5.02 Å². The average Bonchev–Trinajstić information content (AvgIpc) is 2.35. The van der Waals surface area contributed by atoms with Gasteiger partial charge >= 0.3 is 6.09 Å². The molecule has 0 bridgehead atoms. The lowest BCUT2D eigenvalue weighted by atomic mass is 9.76. The van der Waals surface area contributed by atoms with Crippen LogP contribution in [0, 0.1) is 0 Å². The number of hydrogen-bond donors (Lipinski definition) is 2. The Hall–Kier alpha value is -1.26. The van der Waals surface area contributed by atoms with Crippen molar-refractivity contribution in [1.29, 1.82) is 0 Å². The average molecular weight is 325 g/mol. The Balaban J connectivity index is 1.84. The Morgan fingerprint density at radius 3 is 2.55 bits per heavy atom. The van der Waals surface area contributed by atoms with Crippen molar-refractivity contribution in [1.82, 2.24) is 10.6 Å². The lowest BCUT2D eigenvalue weighted by Crippen LogP contribution is -2.59. The van der Waals surface area contributed by atoms with Crippen molar-refractivity contribution in [2.24, 2.45) is 0 Å². The van der Waals surface area contributed by atoms with Gasteiger partial charge in [-0.25, -0.2) is 4.79 Å². The molecule has 5 heteroatoms. The zero-order valence-electron chi connectivity index (χ0n) is 13.5. The molecule has 1 aliphatic carbocycles. The first-order chi connectivity index (χ1) is 10.3. The molecule has 0 spiro atoms. The largest absolute Gasteiger partial charge is 0.444 e. The Morgan fingerprint density at radius 2 is 2.00 bits per heavy atom. The number of nitrogens with one attached hydrogen (secondary N) is 2. The van der Waals surface area contributed by atoms with Crippen molar-refractivity contribution in [2.45, 2.75) is 57.7 Å². The molecule has 1 amide bonds. The predicted molar refractivity (Wildman–Crippen MR) is 89.1 cm³/mol. The summed E-state index contributed by atoms with van der Waals surface area (Å²) in [5.41, 5.74) is 0.403. The summed E-state index contributed by atoms with van der Waals surface area (Å²) in [6, 6.07) is 7.78. The Morgan fingerprint density at radius 1 is 1.32 bits per heavy atom. The summed E-state index contributed by atoms with van der Waals surface area (Å²) in [6.07, 6.45) is 2.74. The van der Waals surface area contributed by atoms with E-state index in [0.717, 1.165) is 36.4 Å². The monoisotopic (exact) mass is 324 g/mol. The third-order valence-corrected chi connectivity index (χ3v) is 4.18. The summed E-state index contributed by atoms with van der Waals surface area (Å²) < 4.78 is 5.35. The first-order valence-corrected chi connectivity index (χ1v) is 8.13. The normalized spacial score (nSPS) is 16.7. The van der Waals surface area contributed by atoms with Gasteiger partial charge in [0.25, 0.3) is 0 Å². The smallest absolute Gasteiger partial charge is 0.408 e. The van der Waals surface area contributed by atoms with Crippen LogP contribution in [-0.2, 0) is 11.3 Å². The fourth-order valence-electron chi connectivity index (χ4n) is 2.55. The highest BCUT2D eigenvalue weighted by Gasteiger charge is 2.39. The van der Waals surface area contributed by atoms with Gasteiger partial charge in [0.2, 0.25) is 0 Å². The Kier molecular flexibility index (Phi) is 5.35. The maximum absolute atomic E-state index is 12.0. The fraction of sp³-hybridized carbons (Fsp3) is 0.588. The molecule has 0 aliphatic heterocycles. The molecular formula is C17H25ClN2O2. The number of benzene rings is 1. The Labute approximate surface area is 137 Å². The number of hydrogen-bond acceptors (Lipinski definition) is 3. The zero-order valence-corrected chi connectivity index (χ0v) is 14.3. The van der Waals surface area contributed by atoms with E-state index >= 15 is 0 Å². The molecule has 0 atom stereocenters. The molecule has 22 heavy (non-hydrogen) atoms. The SMILES string of the molecule is CC(C)(C)OC(=O)NC1(CNCc2ccccc2Cl)CCC1. The molecule has 0 heterocycles. The Bertz CT molecular complexity index is 522. The quantitative estimate of drug-likeness (QED) is 0.864. The number of alkyl carbamates (subject to hydrolysis) is 1. The van der Waals surface area contributed by atoms with Crippen LogP contribution in [0.5, 0.6) is 0 Å². The number of ether oxygens (including phenoxy) is 1. The lowest BCUT2D eigenvalue weighted by Gasteiger charge is -2.42. The van der Waals surface area contributed by atoms with Gasteiger partial charge in [-0.05, 0) is 51.7 Å². The van der Waals surface area contributed by atoms with Crippen molar-refractivity contribution in [3.05, 3.63) is 34.9 Å². The highest BCUT2D eigenvalue weighted by molar-refractivity contribution is 6.31. The molecule has 1 aromatic carbocycles. The van der Waals surface area contributed by atoms with E-state index in [1.807, 2.05) is 45.0 Å². The van der Waals surface area contributed by atoms with Crippen LogP contribution in [0.15, 0.2) is 24.3 Å². The summed E-state index contributed by atoms with van der Waals surface area (Å²) in [5, 5.41) is 7.19. The topological polar surface area (TPSA) is 50.4 Å². The van der Waals surface area contributed by atoms with E-state index in [9.17, 15) is 4.79 Å². The van der Waals surface area contributed by atoms with Crippen LogP contribution < -0.4 is 10.6 Å². The first-order valence-electron chi connectivity index (χ1n) is 7.75. The van der Waals surface area contributed by atoms with Crippen LogP contribution in [0.1, 0.15) is 45.6 Å². The van der Waals surface area contributed by atoms with E-state index in [1.165, 1.54) is 0 Å². The summed E-state index contributed by atoms with van der Waals surface area (Å²) in [6.45, 7) is 7.02. The summed E-state index contributed by atoms with van der Waals surface area (Å²) >= 11 is 6.15. The number of rotatable bonds is 5. The molecule has 0 unspecified atom stereocenters. The van der Waals surface area contributed by atoms with Gasteiger partial charge < -0.3 is 15.4 Å². The van der Waals surface area contributed by atoms with Gasteiger partial charge in [-0.1, -0.05) is 29.8 Å². The van der Waals surface area contributed by atoms with Gasteiger partial charge in [0.05, 0.1) is 5.54 Å². The van der Waals surface area contributed by atoms with Gasteiger partial charge in [-0.15, -0.1) is 0 Å². The molecule has 0 saturated heterocycles. The van der Waals surface area contributed by atoms with Crippen LogP contribution in [-0.4, -0.2) is 23.8 Å². The molecule has 1 saturated carbocycles. The maximum Gasteiger partial charge on any atom is 0.408 e. The van der Waals surface area contributed by atoms with Crippen molar-refractivity contribution >= 4 is 17.7 Å². The van der Waals surface area contributed by atoms with Crippen molar-refractivity contribution in [3.8, 4) is 0 Å². The van der Waals surface area contributed by atoms with Crippen molar-refractivity contribution in [3.63, 3.8) is 0 Å². The molecular weight excluding hydrogens is 300 g/mol. The first kappa shape index (κ1) is 17.1.